The minimum atomic E-state index is -0.374. The molecule has 0 aliphatic heterocycles. The van der Waals surface area contributed by atoms with Gasteiger partial charge < -0.3 is 4.74 Å². The number of nitrogens with zero attached hydrogens (tertiary/aromatic N) is 3. The van der Waals surface area contributed by atoms with Crippen molar-refractivity contribution in [1.29, 1.82) is 0 Å². The van der Waals surface area contributed by atoms with E-state index in [2.05, 4.69) is 15.5 Å². The van der Waals surface area contributed by atoms with Gasteiger partial charge in [-0.2, -0.15) is 5.10 Å². The summed E-state index contributed by atoms with van der Waals surface area (Å²) in [5.74, 6) is 5.97. The van der Waals surface area contributed by atoms with E-state index in [1.165, 1.54) is 18.1 Å². The number of para-hydroxylation sites is 1. The number of nitrogen functional groups attached to an aromatic ring is 1. The molecule has 0 fully saturated rings. The topological polar surface area (TPSA) is 95.1 Å². The molecular formula is C12H15N5O2S. The van der Waals surface area contributed by atoms with E-state index < -0.39 is 0 Å². The lowest BCUT2D eigenvalue weighted by molar-refractivity contribution is 0.0950. The molecule has 2 aromatic rings. The van der Waals surface area contributed by atoms with Crippen molar-refractivity contribution in [3.05, 3.63) is 36.2 Å². The Labute approximate surface area is 120 Å². The van der Waals surface area contributed by atoms with Crippen LogP contribution in [0, 0.1) is 0 Å². The molecule has 0 unspecified atom stereocenters. The van der Waals surface area contributed by atoms with Gasteiger partial charge in [0, 0.05) is 12.8 Å². The number of rotatable bonds is 6. The highest BCUT2D eigenvalue weighted by Gasteiger charge is 2.10. The summed E-state index contributed by atoms with van der Waals surface area (Å²) >= 11 is 1.53. The van der Waals surface area contributed by atoms with Gasteiger partial charge in [-0.25, -0.2) is 15.5 Å². The molecule has 0 bridgehead atoms. The summed E-state index contributed by atoms with van der Waals surface area (Å²) in [7, 11) is 1.83. The smallest absolute Gasteiger partial charge is 0.268 e. The fourth-order valence-electron chi connectivity index (χ4n) is 1.56. The number of hydrogen-bond acceptors (Lipinski definition) is 6. The van der Waals surface area contributed by atoms with Crippen LogP contribution in [0.5, 0.6) is 5.75 Å². The number of nitrogens with two attached hydrogens (primary N) is 1. The van der Waals surface area contributed by atoms with Crippen molar-refractivity contribution in [3.8, 4) is 5.75 Å². The van der Waals surface area contributed by atoms with Gasteiger partial charge in [0.15, 0.2) is 5.16 Å². The quantitative estimate of drug-likeness (QED) is 0.266. The summed E-state index contributed by atoms with van der Waals surface area (Å²) in [6, 6.07) is 6.95. The molecule has 1 heterocycles. The Kier molecular flexibility index (Phi) is 4.97. The summed E-state index contributed by atoms with van der Waals surface area (Å²) in [5.41, 5.74) is 2.51. The molecule has 7 nitrogen and oxygen atoms in total. The van der Waals surface area contributed by atoms with E-state index in [0.717, 1.165) is 5.16 Å². The average molecular weight is 293 g/mol. The minimum Gasteiger partial charge on any atom is -0.492 e. The number of nitrogens with one attached hydrogen (secondary N) is 1. The first-order valence-corrected chi connectivity index (χ1v) is 6.90. The SMILES string of the molecule is Cn1ncnc1SCCOc1ccccc1C(=O)NN. The monoisotopic (exact) mass is 293 g/mol. The number of ether oxygens (including phenoxy) is 1. The van der Waals surface area contributed by atoms with Crippen LogP contribution in [0.1, 0.15) is 10.4 Å². The molecule has 0 spiro atoms. The van der Waals surface area contributed by atoms with Crippen molar-refractivity contribution in [2.24, 2.45) is 12.9 Å². The van der Waals surface area contributed by atoms with E-state index in [1.807, 2.05) is 7.05 Å². The van der Waals surface area contributed by atoms with Gasteiger partial charge in [0.05, 0.1) is 12.2 Å². The summed E-state index contributed by atoms with van der Waals surface area (Å²) in [5, 5.41) is 4.80. The highest BCUT2D eigenvalue weighted by molar-refractivity contribution is 7.99. The van der Waals surface area contributed by atoms with Crippen LogP contribution in [0.15, 0.2) is 35.7 Å². The molecule has 2 rings (SSSR count). The van der Waals surface area contributed by atoms with E-state index in [1.54, 1.807) is 28.9 Å². The summed E-state index contributed by atoms with van der Waals surface area (Å²) < 4.78 is 7.30. The van der Waals surface area contributed by atoms with E-state index in [-0.39, 0.29) is 5.91 Å². The molecule has 1 aromatic carbocycles. The second-order valence-electron chi connectivity index (χ2n) is 3.83. The number of benzene rings is 1. The number of aryl methyl sites for hydroxylation is 1. The van der Waals surface area contributed by atoms with Crippen LogP contribution in [-0.2, 0) is 7.05 Å². The van der Waals surface area contributed by atoms with Crippen LogP contribution in [0.25, 0.3) is 0 Å². The molecule has 106 valence electrons. The maximum atomic E-state index is 11.6. The van der Waals surface area contributed by atoms with Crippen molar-refractivity contribution in [1.82, 2.24) is 20.2 Å². The van der Waals surface area contributed by atoms with Crippen molar-refractivity contribution in [3.63, 3.8) is 0 Å². The first kappa shape index (κ1) is 14.4. The van der Waals surface area contributed by atoms with E-state index in [0.29, 0.717) is 23.7 Å². The number of amides is 1. The van der Waals surface area contributed by atoms with Gasteiger partial charge >= 0.3 is 0 Å². The second kappa shape index (κ2) is 6.92. The summed E-state index contributed by atoms with van der Waals surface area (Å²) in [4.78, 5) is 15.7. The van der Waals surface area contributed by atoms with Gasteiger partial charge in [0.25, 0.3) is 5.91 Å². The lowest BCUT2D eigenvalue weighted by atomic mass is 10.2. The highest BCUT2D eigenvalue weighted by atomic mass is 32.2. The molecule has 3 N–H and O–H groups in total. The van der Waals surface area contributed by atoms with Crippen molar-refractivity contribution in [2.75, 3.05) is 12.4 Å². The Morgan fingerprint density at radius 2 is 2.30 bits per heavy atom. The Bertz CT molecular complexity index is 587. The van der Waals surface area contributed by atoms with Crippen LogP contribution in [0.3, 0.4) is 0 Å². The number of aromatic nitrogens is 3. The van der Waals surface area contributed by atoms with Crippen molar-refractivity contribution >= 4 is 17.7 Å². The Morgan fingerprint density at radius 3 is 3.00 bits per heavy atom. The first-order valence-electron chi connectivity index (χ1n) is 5.92. The molecule has 0 aliphatic rings. The standard InChI is InChI=1S/C12H15N5O2S/c1-17-12(14-8-15-17)20-7-6-19-10-5-3-2-4-9(10)11(18)16-13/h2-5,8H,6-7,13H2,1H3,(H,16,18). The zero-order chi connectivity index (χ0) is 14.4. The maximum Gasteiger partial charge on any atom is 0.268 e. The first-order chi connectivity index (χ1) is 9.72. The molecule has 0 radical (unpaired) electrons. The third kappa shape index (κ3) is 3.49. The van der Waals surface area contributed by atoms with Gasteiger partial charge in [-0.3, -0.25) is 10.2 Å². The highest BCUT2D eigenvalue weighted by Crippen LogP contribution is 2.19. The average Bonchev–Trinajstić information content (AvgIpc) is 2.88. The van der Waals surface area contributed by atoms with E-state index >= 15 is 0 Å². The maximum absolute atomic E-state index is 11.6. The molecule has 0 saturated heterocycles. The predicted octanol–water partition coefficient (Wildman–Crippen LogP) is 0.590. The number of hydrogen-bond donors (Lipinski definition) is 2. The molecule has 0 saturated carbocycles. The molecule has 8 heteroatoms. The van der Waals surface area contributed by atoms with Crippen LogP contribution in [-0.4, -0.2) is 33.0 Å². The fraction of sp³-hybridized carbons (Fsp3) is 0.250. The van der Waals surface area contributed by atoms with Crippen LogP contribution >= 0.6 is 11.8 Å². The molecular weight excluding hydrogens is 278 g/mol. The molecule has 1 aromatic heterocycles. The number of thioether (sulfide) groups is 1. The third-order valence-electron chi connectivity index (χ3n) is 2.50. The van der Waals surface area contributed by atoms with Crippen LogP contribution in [0.2, 0.25) is 0 Å². The lowest BCUT2D eigenvalue weighted by Gasteiger charge is -2.09. The Hall–Kier alpha value is -2.06. The van der Waals surface area contributed by atoms with Gasteiger partial charge in [-0.15, -0.1) is 0 Å². The zero-order valence-electron chi connectivity index (χ0n) is 10.9. The number of carbonyl (C=O) groups is 1. The Balaban J connectivity index is 1.88. The summed E-state index contributed by atoms with van der Waals surface area (Å²) in [6.45, 7) is 0.451. The predicted molar refractivity (Wildman–Crippen MR) is 75.3 cm³/mol. The third-order valence-corrected chi connectivity index (χ3v) is 3.50. The second-order valence-corrected chi connectivity index (χ2v) is 4.89. The van der Waals surface area contributed by atoms with Crippen LogP contribution in [0.4, 0.5) is 0 Å². The van der Waals surface area contributed by atoms with E-state index in [4.69, 9.17) is 10.6 Å². The zero-order valence-corrected chi connectivity index (χ0v) is 11.8. The van der Waals surface area contributed by atoms with E-state index in [9.17, 15) is 4.79 Å². The largest absolute Gasteiger partial charge is 0.492 e. The fourth-order valence-corrected chi connectivity index (χ4v) is 2.26. The number of carbonyl (C=O) groups excluding carboxylic acids is 1. The molecule has 1 amide bonds. The van der Waals surface area contributed by atoms with Crippen molar-refractivity contribution < 1.29 is 9.53 Å². The number of hydrazine groups is 1. The summed E-state index contributed by atoms with van der Waals surface area (Å²) in [6.07, 6.45) is 1.50. The molecule has 20 heavy (non-hydrogen) atoms. The van der Waals surface area contributed by atoms with Gasteiger partial charge in [-0.1, -0.05) is 23.9 Å². The van der Waals surface area contributed by atoms with Gasteiger partial charge in [-0.05, 0) is 12.1 Å². The lowest BCUT2D eigenvalue weighted by Crippen LogP contribution is -2.30. The van der Waals surface area contributed by atoms with Gasteiger partial charge in [0.2, 0.25) is 0 Å². The van der Waals surface area contributed by atoms with Crippen LogP contribution < -0.4 is 16.0 Å². The molecule has 0 aliphatic carbocycles. The minimum absolute atomic E-state index is 0.374. The van der Waals surface area contributed by atoms with Crippen molar-refractivity contribution in [2.45, 2.75) is 5.16 Å². The normalized spacial score (nSPS) is 10.3. The molecule has 0 atom stereocenters. The Morgan fingerprint density at radius 1 is 1.50 bits per heavy atom. The van der Waals surface area contributed by atoms with Gasteiger partial charge in [0.1, 0.15) is 12.1 Å².